The normalized spacial score (nSPS) is 11.3. The zero-order chi connectivity index (χ0) is 15.9. The lowest BCUT2D eigenvalue weighted by atomic mass is 10.1. The van der Waals surface area contributed by atoms with Crippen LogP contribution in [0, 0.1) is 0 Å². The molecule has 0 atom stereocenters. The van der Waals surface area contributed by atoms with Gasteiger partial charge in [-0.2, -0.15) is 13.2 Å². The maximum atomic E-state index is 13.0. The van der Waals surface area contributed by atoms with Gasteiger partial charge in [-0.05, 0) is 31.2 Å². The predicted octanol–water partition coefficient (Wildman–Crippen LogP) is 2.33. The van der Waals surface area contributed by atoms with Gasteiger partial charge in [-0.25, -0.2) is 0 Å². The van der Waals surface area contributed by atoms with Gasteiger partial charge in [-0.15, -0.1) is 0 Å². The third-order valence-corrected chi connectivity index (χ3v) is 2.66. The lowest BCUT2D eigenvalue weighted by Gasteiger charge is -2.15. The fourth-order valence-corrected chi connectivity index (χ4v) is 1.70. The van der Waals surface area contributed by atoms with Crippen LogP contribution in [0.3, 0.4) is 0 Å². The van der Waals surface area contributed by atoms with E-state index in [9.17, 15) is 18.0 Å². The second kappa shape index (κ2) is 7.87. The first-order valence-corrected chi connectivity index (χ1v) is 6.62. The van der Waals surface area contributed by atoms with Crippen molar-refractivity contribution >= 4 is 5.91 Å². The summed E-state index contributed by atoms with van der Waals surface area (Å²) in [7, 11) is 1.65. The topological polar surface area (TPSA) is 50.4 Å². The summed E-state index contributed by atoms with van der Waals surface area (Å²) in [5.41, 5.74) is -0.383. The number of carbonyl (C=O) groups is 1. The third kappa shape index (κ3) is 5.63. The van der Waals surface area contributed by atoms with E-state index in [-0.39, 0.29) is 5.75 Å². The molecule has 0 spiro atoms. The van der Waals surface area contributed by atoms with Crippen molar-refractivity contribution in [2.24, 2.45) is 0 Å². The number of benzene rings is 1. The Bertz CT molecular complexity index is 476. The van der Waals surface area contributed by atoms with Crippen molar-refractivity contribution in [2.45, 2.75) is 26.1 Å². The number of amides is 1. The fourth-order valence-electron chi connectivity index (χ4n) is 1.70. The standard InChI is InChI=1S/C14H19F3N2O2/c1-3-6-19-13(20)9-21-12-5-4-10(8-18-2)7-11(12)14(15,16)17/h4-5,7,18H,3,6,8-9H2,1-2H3,(H,19,20). The number of ether oxygens (including phenoxy) is 1. The van der Waals surface area contributed by atoms with E-state index in [0.29, 0.717) is 18.7 Å². The smallest absolute Gasteiger partial charge is 0.419 e. The second-order valence-corrected chi connectivity index (χ2v) is 4.50. The van der Waals surface area contributed by atoms with Gasteiger partial charge in [0, 0.05) is 13.1 Å². The molecule has 7 heteroatoms. The SMILES string of the molecule is CCCNC(=O)COc1ccc(CNC)cc1C(F)(F)F. The highest BCUT2D eigenvalue weighted by atomic mass is 19.4. The summed E-state index contributed by atoms with van der Waals surface area (Å²) in [6, 6.07) is 3.80. The minimum atomic E-state index is -4.53. The van der Waals surface area contributed by atoms with Crippen molar-refractivity contribution < 1.29 is 22.7 Å². The van der Waals surface area contributed by atoms with E-state index in [2.05, 4.69) is 10.6 Å². The lowest BCUT2D eigenvalue weighted by molar-refractivity contribution is -0.139. The Labute approximate surface area is 121 Å². The predicted molar refractivity (Wildman–Crippen MR) is 73.0 cm³/mol. The summed E-state index contributed by atoms with van der Waals surface area (Å²) >= 11 is 0. The molecular weight excluding hydrogens is 285 g/mol. The summed E-state index contributed by atoms with van der Waals surface area (Å²) in [6.07, 6.45) is -3.78. The van der Waals surface area contributed by atoms with Gasteiger partial charge in [0.25, 0.3) is 5.91 Å². The third-order valence-electron chi connectivity index (χ3n) is 2.66. The van der Waals surface area contributed by atoms with Crippen molar-refractivity contribution in [2.75, 3.05) is 20.2 Å². The number of rotatable bonds is 7. The van der Waals surface area contributed by atoms with Crippen molar-refractivity contribution in [3.05, 3.63) is 29.3 Å². The number of halogens is 3. The molecule has 0 aromatic heterocycles. The molecule has 118 valence electrons. The van der Waals surface area contributed by atoms with Gasteiger partial charge < -0.3 is 15.4 Å². The molecule has 0 bridgehead atoms. The quantitative estimate of drug-likeness (QED) is 0.813. The molecule has 0 aliphatic rings. The highest BCUT2D eigenvalue weighted by Crippen LogP contribution is 2.36. The molecule has 1 rings (SSSR count). The fraction of sp³-hybridized carbons (Fsp3) is 0.500. The molecule has 21 heavy (non-hydrogen) atoms. The Kier molecular flexibility index (Phi) is 6.48. The lowest BCUT2D eigenvalue weighted by Crippen LogP contribution is -2.29. The Morgan fingerprint density at radius 3 is 2.62 bits per heavy atom. The van der Waals surface area contributed by atoms with Crippen LogP contribution in [0.2, 0.25) is 0 Å². The van der Waals surface area contributed by atoms with Gasteiger partial charge in [-0.1, -0.05) is 13.0 Å². The molecule has 0 aliphatic carbocycles. The van der Waals surface area contributed by atoms with Gasteiger partial charge >= 0.3 is 6.18 Å². The molecule has 0 radical (unpaired) electrons. The van der Waals surface area contributed by atoms with Crippen molar-refractivity contribution in [1.29, 1.82) is 0 Å². The van der Waals surface area contributed by atoms with E-state index in [4.69, 9.17) is 4.74 Å². The second-order valence-electron chi connectivity index (χ2n) is 4.50. The molecule has 0 saturated heterocycles. The monoisotopic (exact) mass is 304 g/mol. The molecule has 1 amide bonds. The molecule has 2 N–H and O–H groups in total. The summed E-state index contributed by atoms with van der Waals surface area (Å²) in [4.78, 5) is 11.4. The molecule has 0 saturated carbocycles. The molecule has 0 heterocycles. The largest absolute Gasteiger partial charge is 0.483 e. The van der Waals surface area contributed by atoms with Crippen LogP contribution in [0.1, 0.15) is 24.5 Å². The van der Waals surface area contributed by atoms with Crippen LogP contribution in [0.4, 0.5) is 13.2 Å². The van der Waals surface area contributed by atoms with Crippen molar-refractivity contribution in [3.8, 4) is 5.75 Å². The average molecular weight is 304 g/mol. The van der Waals surface area contributed by atoms with E-state index in [1.54, 1.807) is 7.05 Å². The van der Waals surface area contributed by atoms with Crippen LogP contribution in [0.25, 0.3) is 0 Å². The maximum Gasteiger partial charge on any atom is 0.419 e. The summed E-state index contributed by atoms with van der Waals surface area (Å²) < 4.78 is 44.0. The van der Waals surface area contributed by atoms with Crippen LogP contribution in [0.15, 0.2) is 18.2 Å². The van der Waals surface area contributed by atoms with Crippen LogP contribution in [-0.4, -0.2) is 26.1 Å². The van der Waals surface area contributed by atoms with Crippen LogP contribution < -0.4 is 15.4 Å². The van der Waals surface area contributed by atoms with Gasteiger partial charge in [0.2, 0.25) is 0 Å². The first kappa shape index (κ1) is 17.3. The molecule has 0 fully saturated rings. The zero-order valence-corrected chi connectivity index (χ0v) is 12.0. The van der Waals surface area contributed by atoms with E-state index in [1.165, 1.54) is 12.1 Å². The Balaban J connectivity index is 2.83. The molecule has 1 aromatic rings. The Morgan fingerprint density at radius 2 is 2.05 bits per heavy atom. The van der Waals surface area contributed by atoms with Gasteiger partial charge in [-0.3, -0.25) is 4.79 Å². The maximum absolute atomic E-state index is 13.0. The van der Waals surface area contributed by atoms with Gasteiger partial charge in [0.15, 0.2) is 6.61 Å². The number of hydrogen-bond acceptors (Lipinski definition) is 3. The van der Waals surface area contributed by atoms with Gasteiger partial charge in [0.05, 0.1) is 5.56 Å². The highest BCUT2D eigenvalue weighted by molar-refractivity contribution is 5.77. The summed E-state index contributed by atoms with van der Waals surface area (Å²) in [6.45, 7) is 2.23. The van der Waals surface area contributed by atoms with Crippen molar-refractivity contribution in [1.82, 2.24) is 10.6 Å². The highest BCUT2D eigenvalue weighted by Gasteiger charge is 2.34. The molecule has 1 aromatic carbocycles. The number of carbonyl (C=O) groups excluding carboxylic acids is 1. The number of nitrogens with one attached hydrogen (secondary N) is 2. The first-order valence-electron chi connectivity index (χ1n) is 6.62. The summed E-state index contributed by atoms with van der Waals surface area (Å²) in [5.74, 6) is -0.779. The zero-order valence-electron chi connectivity index (χ0n) is 12.0. The number of alkyl halides is 3. The molecule has 0 aliphatic heterocycles. The van der Waals surface area contributed by atoms with Crippen molar-refractivity contribution in [3.63, 3.8) is 0 Å². The average Bonchev–Trinajstić information content (AvgIpc) is 2.43. The van der Waals surface area contributed by atoms with E-state index >= 15 is 0 Å². The Hall–Kier alpha value is -1.76. The van der Waals surface area contributed by atoms with Crippen LogP contribution in [-0.2, 0) is 17.5 Å². The van der Waals surface area contributed by atoms with Crippen LogP contribution in [0.5, 0.6) is 5.75 Å². The van der Waals surface area contributed by atoms with Gasteiger partial charge in [0.1, 0.15) is 5.75 Å². The summed E-state index contributed by atoms with van der Waals surface area (Å²) in [5, 5.41) is 5.32. The first-order chi connectivity index (χ1) is 9.88. The minimum absolute atomic E-state index is 0.320. The van der Waals surface area contributed by atoms with E-state index < -0.39 is 24.3 Å². The number of hydrogen-bond donors (Lipinski definition) is 2. The van der Waals surface area contributed by atoms with E-state index in [0.717, 1.165) is 12.5 Å². The molecule has 0 unspecified atom stereocenters. The minimum Gasteiger partial charge on any atom is -0.483 e. The van der Waals surface area contributed by atoms with E-state index in [1.807, 2.05) is 6.92 Å². The molecule has 4 nitrogen and oxygen atoms in total. The van der Waals surface area contributed by atoms with Crippen LogP contribution >= 0.6 is 0 Å². The molecular formula is C14H19F3N2O2. The Morgan fingerprint density at radius 1 is 1.33 bits per heavy atom.